The Morgan fingerprint density at radius 3 is 2.54 bits per heavy atom. The number of amides is 1. The molecule has 3 heteroatoms. The number of likely N-dealkylation sites (tertiary alicyclic amines) is 1. The second-order valence-corrected chi connectivity index (χ2v) is 7.72. The maximum absolute atomic E-state index is 12.9. The van der Waals surface area contributed by atoms with Gasteiger partial charge in [0.2, 0.25) is 0 Å². The third-order valence-corrected chi connectivity index (χ3v) is 5.21. The lowest BCUT2D eigenvalue weighted by molar-refractivity contribution is 0.0623. The van der Waals surface area contributed by atoms with Crippen LogP contribution in [0, 0.1) is 11.8 Å². The molecule has 0 radical (unpaired) electrons. The van der Waals surface area contributed by atoms with Crippen LogP contribution in [0.5, 0.6) is 0 Å². The number of aryl methyl sites for hydroxylation is 1. The lowest BCUT2D eigenvalue weighted by atomic mass is 9.91. The second-order valence-electron chi connectivity index (χ2n) is 7.72. The molecular formula is C23H30N2O. The molecule has 3 rings (SSSR count). The minimum Gasteiger partial charge on any atom is -0.381 e. The van der Waals surface area contributed by atoms with Crippen LogP contribution in [0.4, 0.5) is 5.69 Å². The topological polar surface area (TPSA) is 32.3 Å². The van der Waals surface area contributed by atoms with Gasteiger partial charge in [0, 0.05) is 30.9 Å². The molecule has 2 aromatic carbocycles. The smallest absolute Gasteiger partial charge is 0.253 e. The summed E-state index contributed by atoms with van der Waals surface area (Å²) >= 11 is 0. The first-order chi connectivity index (χ1) is 12.6. The van der Waals surface area contributed by atoms with Crippen molar-refractivity contribution in [3.05, 3.63) is 65.2 Å². The monoisotopic (exact) mass is 350 g/mol. The van der Waals surface area contributed by atoms with Crippen LogP contribution < -0.4 is 5.32 Å². The molecule has 1 heterocycles. The summed E-state index contributed by atoms with van der Waals surface area (Å²) in [6.45, 7) is 9.11. The van der Waals surface area contributed by atoms with E-state index in [9.17, 15) is 4.79 Å². The van der Waals surface area contributed by atoms with Gasteiger partial charge in [0.1, 0.15) is 0 Å². The fourth-order valence-electron chi connectivity index (χ4n) is 4.02. The first-order valence-electron chi connectivity index (χ1n) is 9.76. The molecule has 1 saturated heterocycles. The van der Waals surface area contributed by atoms with Crippen LogP contribution in [-0.2, 0) is 13.0 Å². The number of piperidine rings is 1. The highest BCUT2D eigenvalue weighted by atomic mass is 16.2. The van der Waals surface area contributed by atoms with Crippen LogP contribution in [0.1, 0.15) is 48.7 Å². The Kier molecular flexibility index (Phi) is 5.97. The molecule has 0 aliphatic carbocycles. The highest BCUT2D eigenvalue weighted by Gasteiger charge is 2.26. The molecule has 0 bridgehead atoms. The zero-order chi connectivity index (χ0) is 18.5. The van der Waals surface area contributed by atoms with Gasteiger partial charge >= 0.3 is 0 Å². The minimum absolute atomic E-state index is 0.166. The third-order valence-electron chi connectivity index (χ3n) is 5.21. The van der Waals surface area contributed by atoms with Gasteiger partial charge in [-0.15, -0.1) is 0 Å². The van der Waals surface area contributed by atoms with Gasteiger partial charge in [-0.2, -0.15) is 0 Å². The number of rotatable bonds is 5. The molecule has 0 saturated carbocycles. The Morgan fingerprint density at radius 2 is 1.81 bits per heavy atom. The van der Waals surface area contributed by atoms with E-state index in [-0.39, 0.29) is 5.91 Å². The predicted molar refractivity (Wildman–Crippen MR) is 108 cm³/mol. The molecule has 2 aromatic rings. The number of hydrogen-bond donors (Lipinski definition) is 1. The number of nitrogens with one attached hydrogen (secondary N) is 1. The summed E-state index contributed by atoms with van der Waals surface area (Å²) in [6, 6.07) is 16.4. The largest absolute Gasteiger partial charge is 0.381 e. The summed E-state index contributed by atoms with van der Waals surface area (Å²) in [5, 5.41) is 3.52. The van der Waals surface area contributed by atoms with Crippen molar-refractivity contribution >= 4 is 11.6 Å². The van der Waals surface area contributed by atoms with Crippen LogP contribution in [0.15, 0.2) is 48.5 Å². The first-order valence-corrected chi connectivity index (χ1v) is 9.76. The quantitative estimate of drug-likeness (QED) is 0.825. The van der Waals surface area contributed by atoms with Crippen molar-refractivity contribution in [2.24, 2.45) is 11.8 Å². The van der Waals surface area contributed by atoms with E-state index >= 15 is 0 Å². The van der Waals surface area contributed by atoms with E-state index in [1.165, 1.54) is 17.7 Å². The average molecular weight is 351 g/mol. The van der Waals surface area contributed by atoms with Gasteiger partial charge in [0.15, 0.2) is 0 Å². The zero-order valence-corrected chi connectivity index (χ0v) is 16.2. The van der Waals surface area contributed by atoms with E-state index in [1.807, 2.05) is 23.1 Å². The maximum Gasteiger partial charge on any atom is 0.253 e. The molecule has 0 spiro atoms. The van der Waals surface area contributed by atoms with Crippen LogP contribution in [-0.4, -0.2) is 23.9 Å². The van der Waals surface area contributed by atoms with E-state index in [1.54, 1.807) is 0 Å². The van der Waals surface area contributed by atoms with Crippen molar-refractivity contribution in [3.8, 4) is 0 Å². The van der Waals surface area contributed by atoms with Crippen LogP contribution in [0.25, 0.3) is 0 Å². The molecule has 1 N–H and O–H groups in total. The van der Waals surface area contributed by atoms with Crippen LogP contribution >= 0.6 is 0 Å². The number of nitrogens with zero attached hydrogens (tertiary/aromatic N) is 1. The molecular weight excluding hydrogens is 320 g/mol. The van der Waals surface area contributed by atoms with Crippen molar-refractivity contribution < 1.29 is 4.79 Å². The van der Waals surface area contributed by atoms with Gasteiger partial charge in [-0.25, -0.2) is 0 Å². The van der Waals surface area contributed by atoms with E-state index in [2.05, 4.69) is 56.4 Å². The highest BCUT2D eigenvalue weighted by molar-refractivity contribution is 5.94. The predicted octanol–water partition coefficient (Wildman–Crippen LogP) is 4.98. The third kappa shape index (κ3) is 4.46. The number of carbonyl (C=O) groups is 1. The van der Waals surface area contributed by atoms with E-state index in [0.717, 1.165) is 37.2 Å². The number of carbonyl (C=O) groups excluding carboxylic acids is 1. The summed E-state index contributed by atoms with van der Waals surface area (Å²) in [4.78, 5) is 14.9. The van der Waals surface area contributed by atoms with Crippen LogP contribution in [0.3, 0.4) is 0 Å². The molecule has 3 nitrogen and oxygen atoms in total. The Bertz CT molecular complexity index is 745. The molecule has 1 aliphatic rings. The summed E-state index contributed by atoms with van der Waals surface area (Å²) in [6.07, 6.45) is 2.22. The van der Waals surface area contributed by atoms with Crippen molar-refractivity contribution in [1.82, 2.24) is 4.90 Å². The van der Waals surface area contributed by atoms with Crippen molar-refractivity contribution in [3.63, 3.8) is 0 Å². The molecule has 138 valence electrons. The molecule has 26 heavy (non-hydrogen) atoms. The second kappa shape index (κ2) is 8.39. The lowest BCUT2D eigenvalue weighted by Crippen LogP contribution is -2.42. The maximum atomic E-state index is 12.9. The number of para-hydroxylation sites is 1. The van der Waals surface area contributed by atoms with E-state index in [4.69, 9.17) is 0 Å². The number of hydrogen-bond acceptors (Lipinski definition) is 2. The standard InChI is InChI=1S/C23H30N2O/c1-4-20-9-5-6-11-22(20)24-14-19-8-7-10-21(13-19)23(26)25-15-17(2)12-18(3)16-25/h5-11,13,17-18,24H,4,12,14-16H2,1-3H3. The van der Waals surface area contributed by atoms with Gasteiger partial charge in [-0.05, 0) is 54.0 Å². The van der Waals surface area contributed by atoms with E-state index < -0.39 is 0 Å². The number of benzene rings is 2. The molecule has 1 fully saturated rings. The minimum atomic E-state index is 0.166. The van der Waals surface area contributed by atoms with Gasteiger partial charge in [-0.1, -0.05) is 51.1 Å². The zero-order valence-electron chi connectivity index (χ0n) is 16.2. The fraction of sp³-hybridized carbons (Fsp3) is 0.435. The van der Waals surface area contributed by atoms with Gasteiger partial charge in [0.25, 0.3) is 5.91 Å². The SMILES string of the molecule is CCc1ccccc1NCc1cccc(C(=O)N2CC(C)CC(C)C2)c1. The average Bonchev–Trinajstić information content (AvgIpc) is 2.65. The molecule has 1 aliphatic heterocycles. The summed E-state index contributed by atoms with van der Waals surface area (Å²) in [7, 11) is 0. The molecule has 2 unspecified atom stereocenters. The first kappa shape index (κ1) is 18.5. The van der Waals surface area contributed by atoms with Gasteiger partial charge < -0.3 is 10.2 Å². The Labute approximate surface area is 157 Å². The Hall–Kier alpha value is -2.29. The summed E-state index contributed by atoms with van der Waals surface area (Å²) in [5.74, 6) is 1.33. The molecule has 1 amide bonds. The van der Waals surface area contributed by atoms with Gasteiger partial charge in [0.05, 0.1) is 0 Å². The fourth-order valence-corrected chi connectivity index (χ4v) is 4.02. The Morgan fingerprint density at radius 1 is 1.08 bits per heavy atom. The Balaban J connectivity index is 1.69. The van der Waals surface area contributed by atoms with Crippen LogP contribution in [0.2, 0.25) is 0 Å². The molecule has 2 atom stereocenters. The van der Waals surface area contributed by atoms with Gasteiger partial charge in [-0.3, -0.25) is 4.79 Å². The lowest BCUT2D eigenvalue weighted by Gasteiger charge is -2.35. The van der Waals surface area contributed by atoms with Crippen molar-refractivity contribution in [2.75, 3.05) is 18.4 Å². The summed E-state index contributed by atoms with van der Waals surface area (Å²) in [5.41, 5.74) is 4.43. The van der Waals surface area contributed by atoms with Crippen molar-refractivity contribution in [2.45, 2.75) is 40.2 Å². The summed E-state index contributed by atoms with van der Waals surface area (Å²) < 4.78 is 0. The highest BCUT2D eigenvalue weighted by Crippen LogP contribution is 2.23. The number of anilines is 1. The van der Waals surface area contributed by atoms with E-state index in [0.29, 0.717) is 11.8 Å². The normalized spacial score (nSPS) is 20.0. The van der Waals surface area contributed by atoms with Crippen molar-refractivity contribution in [1.29, 1.82) is 0 Å². The molecule has 0 aromatic heterocycles.